The molecule has 1 aromatic rings. The minimum Gasteiger partial charge on any atom is -0.396 e. The number of nitrogens with one attached hydrogen (secondary N) is 1. The first kappa shape index (κ1) is 13.8. The number of aryl methyl sites for hydroxylation is 1. The largest absolute Gasteiger partial charge is 0.396 e. The van der Waals surface area contributed by atoms with Gasteiger partial charge in [0.1, 0.15) is 5.69 Å². The maximum Gasteiger partial charge on any atom is 0.267 e. The van der Waals surface area contributed by atoms with Crippen molar-refractivity contribution in [2.75, 3.05) is 13.2 Å². The van der Waals surface area contributed by atoms with Crippen LogP contribution in [0.25, 0.3) is 0 Å². The van der Waals surface area contributed by atoms with E-state index >= 15 is 0 Å². The fourth-order valence-electron chi connectivity index (χ4n) is 1.72. The van der Waals surface area contributed by atoms with Gasteiger partial charge in [0.05, 0.1) is 0 Å². The molecule has 0 saturated heterocycles. The molecule has 0 atom stereocenters. The van der Waals surface area contributed by atoms with Crippen LogP contribution in [0.2, 0.25) is 0 Å². The van der Waals surface area contributed by atoms with Gasteiger partial charge in [0.15, 0.2) is 0 Å². The molecule has 1 rings (SSSR count). The first-order valence-electron chi connectivity index (χ1n) is 6.18. The predicted octanol–water partition coefficient (Wildman–Crippen LogP) is 1.62. The van der Waals surface area contributed by atoms with Crippen molar-refractivity contribution in [3.63, 3.8) is 0 Å². The Labute approximate surface area is 103 Å². The number of hydrogen-bond acceptors (Lipinski definition) is 2. The molecule has 0 bridgehead atoms. The summed E-state index contributed by atoms with van der Waals surface area (Å²) in [6, 6.07) is 3.78. The van der Waals surface area contributed by atoms with E-state index in [-0.39, 0.29) is 12.5 Å². The fraction of sp³-hybridized carbons (Fsp3) is 0.615. The van der Waals surface area contributed by atoms with E-state index in [2.05, 4.69) is 5.32 Å². The third-order valence-electron chi connectivity index (χ3n) is 2.98. The Bertz CT molecular complexity index is 358. The van der Waals surface area contributed by atoms with Crippen molar-refractivity contribution in [3.05, 3.63) is 23.5 Å². The SMILES string of the molecule is Cc1ccc(C(=O)NCCCCCCO)n1C. The molecule has 96 valence electrons. The molecule has 0 saturated carbocycles. The molecule has 0 spiro atoms. The molecule has 2 N–H and O–H groups in total. The highest BCUT2D eigenvalue weighted by molar-refractivity contribution is 5.92. The van der Waals surface area contributed by atoms with Crippen LogP contribution in [0.3, 0.4) is 0 Å². The normalized spacial score (nSPS) is 10.5. The van der Waals surface area contributed by atoms with Gasteiger partial charge >= 0.3 is 0 Å². The van der Waals surface area contributed by atoms with Gasteiger partial charge in [-0.05, 0) is 31.9 Å². The highest BCUT2D eigenvalue weighted by atomic mass is 16.2. The molecular weight excluding hydrogens is 216 g/mol. The lowest BCUT2D eigenvalue weighted by Crippen LogP contribution is -2.26. The van der Waals surface area contributed by atoms with Gasteiger partial charge in [-0.25, -0.2) is 0 Å². The number of aliphatic hydroxyl groups is 1. The molecule has 1 heterocycles. The quantitative estimate of drug-likeness (QED) is 0.709. The average Bonchev–Trinajstić information content (AvgIpc) is 2.64. The maximum atomic E-state index is 11.8. The molecule has 0 aliphatic heterocycles. The molecule has 0 fully saturated rings. The highest BCUT2D eigenvalue weighted by Crippen LogP contribution is 2.05. The molecule has 1 aromatic heterocycles. The minimum absolute atomic E-state index is 0.0113. The topological polar surface area (TPSA) is 54.3 Å². The molecule has 0 radical (unpaired) electrons. The van der Waals surface area contributed by atoms with Gasteiger partial charge in [0.25, 0.3) is 5.91 Å². The number of carbonyl (C=O) groups is 1. The predicted molar refractivity (Wildman–Crippen MR) is 68.0 cm³/mol. The van der Waals surface area contributed by atoms with Crippen LogP contribution in [0.4, 0.5) is 0 Å². The van der Waals surface area contributed by atoms with Gasteiger partial charge < -0.3 is 15.0 Å². The zero-order chi connectivity index (χ0) is 12.7. The molecule has 0 unspecified atom stereocenters. The lowest BCUT2D eigenvalue weighted by Gasteiger charge is -2.06. The molecule has 4 nitrogen and oxygen atoms in total. The van der Waals surface area contributed by atoms with Gasteiger partial charge in [0.2, 0.25) is 0 Å². The standard InChI is InChI=1S/C13H22N2O2/c1-11-7-8-12(15(11)2)13(17)14-9-5-3-4-6-10-16/h7-8,16H,3-6,9-10H2,1-2H3,(H,14,17). The zero-order valence-electron chi connectivity index (χ0n) is 10.7. The smallest absolute Gasteiger partial charge is 0.267 e. The number of aliphatic hydroxyl groups excluding tert-OH is 1. The van der Waals surface area contributed by atoms with E-state index in [1.54, 1.807) is 0 Å². The van der Waals surface area contributed by atoms with Crippen LogP contribution in [0.1, 0.15) is 41.9 Å². The van der Waals surface area contributed by atoms with Crippen LogP contribution in [0.15, 0.2) is 12.1 Å². The number of carbonyl (C=O) groups excluding carboxylic acids is 1. The molecule has 4 heteroatoms. The second-order valence-electron chi connectivity index (χ2n) is 4.31. The minimum atomic E-state index is -0.0113. The lowest BCUT2D eigenvalue weighted by atomic mass is 10.2. The first-order valence-corrected chi connectivity index (χ1v) is 6.18. The van der Waals surface area contributed by atoms with Crippen molar-refractivity contribution < 1.29 is 9.90 Å². The van der Waals surface area contributed by atoms with E-state index in [0.717, 1.165) is 31.4 Å². The van der Waals surface area contributed by atoms with Crippen LogP contribution >= 0.6 is 0 Å². The summed E-state index contributed by atoms with van der Waals surface area (Å²) in [6.07, 6.45) is 3.89. The van der Waals surface area contributed by atoms with Crippen LogP contribution in [0, 0.1) is 6.92 Å². The summed E-state index contributed by atoms with van der Waals surface area (Å²) in [6.45, 7) is 2.94. The van der Waals surface area contributed by atoms with Crippen molar-refractivity contribution in [1.82, 2.24) is 9.88 Å². The number of aromatic nitrogens is 1. The van der Waals surface area contributed by atoms with E-state index in [4.69, 9.17) is 5.11 Å². The van der Waals surface area contributed by atoms with E-state index in [0.29, 0.717) is 12.2 Å². The summed E-state index contributed by atoms with van der Waals surface area (Å²) in [5, 5.41) is 11.5. The summed E-state index contributed by atoms with van der Waals surface area (Å²) in [7, 11) is 1.89. The molecule has 1 amide bonds. The van der Waals surface area contributed by atoms with Gasteiger partial charge in [-0.2, -0.15) is 0 Å². The summed E-state index contributed by atoms with van der Waals surface area (Å²) < 4.78 is 1.89. The Morgan fingerprint density at radius 3 is 2.59 bits per heavy atom. The summed E-state index contributed by atoms with van der Waals surface area (Å²) in [4.78, 5) is 11.8. The second-order valence-corrected chi connectivity index (χ2v) is 4.31. The molecule has 0 aliphatic carbocycles. The van der Waals surface area contributed by atoms with Crippen molar-refractivity contribution in [2.45, 2.75) is 32.6 Å². The van der Waals surface area contributed by atoms with Gasteiger partial charge in [-0.3, -0.25) is 4.79 Å². The number of nitrogens with zero attached hydrogens (tertiary/aromatic N) is 1. The van der Waals surface area contributed by atoms with Crippen molar-refractivity contribution in [2.24, 2.45) is 7.05 Å². The van der Waals surface area contributed by atoms with Crippen LogP contribution in [-0.2, 0) is 7.05 Å². The highest BCUT2D eigenvalue weighted by Gasteiger charge is 2.09. The van der Waals surface area contributed by atoms with E-state index in [1.165, 1.54) is 0 Å². The molecule has 0 aromatic carbocycles. The Hall–Kier alpha value is -1.29. The molecular formula is C13H22N2O2. The van der Waals surface area contributed by atoms with E-state index in [9.17, 15) is 4.79 Å². The van der Waals surface area contributed by atoms with Crippen molar-refractivity contribution >= 4 is 5.91 Å². The van der Waals surface area contributed by atoms with Gasteiger partial charge in [-0.1, -0.05) is 12.8 Å². The van der Waals surface area contributed by atoms with Crippen LogP contribution in [-0.4, -0.2) is 28.7 Å². The number of amides is 1. The van der Waals surface area contributed by atoms with Crippen LogP contribution in [0.5, 0.6) is 0 Å². The van der Waals surface area contributed by atoms with E-state index < -0.39 is 0 Å². The average molecular weight is 238 g/mol. The Morgan fingerprint density at radius 2 is 2.00 bits per heavy atom. The molecule has 17 heavy (non-hydrogen) atoms. The third kappa shape index (κ3) is 4.23. The zero-order valence-corrected chi connectivity index (χ0v) is 10.7. The second kappa shape index (κ2) is 7.12. The summed E-state index contributed by atoms with van der Waals surface area (Å²) in [5.74, 6) is -0.0113. The van der Waals surface area contributed by atoms with Gasteiger partial charge in [-0.15, -0.1) is 0 Å². The Balaban J connectivity index is 2.24. The first-order chi connectivity index (χ1) is 8.16. The Kier molecular flexibility index (Phi) is 5.77. The Morgan fingerprint density at radius 1 is 1.29 bits per heavy atom. The summed E-state index contributed by atoms with van der Waals surface area (Å²) in [5.41, 5.74) is 1.79. The van der Waals surface area contributed by atoms with Crippen LogP contribution < -0.4 is 5.32 Å². The summed E-state index contributed by atoms with van der Waals surface area (Å²) >= 11 is 0. The number of rotatable bonds is 7. The lowest BCUT2D eigenvalue weighted by molar-refractivity contribution is 0.0944. The van der Waals surface area contributed by atoms with E-state index in [1.807, 2.05) is 30.7 Å². The fourth-order valence-corrected chi connectivity index (χ4v) is 1.72. The molecule has 0 aliphatic rings. The number of hydrogen-bond donors (Lipinski definition) is 2. The number of unbranched alkanes of at least 4 members (excludes halogenated alkanes) is 3. The maximum absolute atomic E-state index is 11.8. The third-order valence-corrected chi connectivity index (χ3v) is 2.98. The van der Waals surface area contributed by atoms with Gasteiger partial charge in [0, 0.05) is 25.9 Å². The monoisotopic (exact) mass is 238 g/mol. The van der Waals surface area contributed by atoms with Crippen molar-refractivity contribution in [3.8, 4) is 0 Å². The van der Waals surface area contributed by atoms with Crippen molar-refractivity contribution in [1.29, 1.82) is 0 Å².